The van der Waals surface area contributed by atoms with Crippen molar-refractivity contribution in [3.63, 3.8) is 0 Å². The molecule has 3 heterocycles. The van der Waals surface area contributed by atoms with Crippen molar-refractivity contribution in [2.45, 2.75) is 6.92 Å². The standard InChI is InChI=1S/C19H13N3O3S.C5H8.C2H4/c1-25-19(24)15-8-4-7-14(21-15)16-10-26-18(22-16)17(23)12-9-20-13-6-3-2-5-11(12)13;1-3-5-4-2;1-2/h2-10,20H,1H3;3-5H,1H2,2H3;1-2H2/b;5-4-;. The van der Waals surface area contributed by atoms with Crippen LogP contribution in [0.5, 0.6) is 0 Å². The second-order valence-electron chi connectivity index (χ2n) is 6.28. The van der Waals surface area contributed by atoms with Crippen LogP contribution in [0, 0.1) is 0 Å². The molecule has 1 aromatic carbocycles. The number of esters is 1. The topological polar surface area (TPSA) is 84.9 Å². The maximum atomic E-state index is 12.8. The lowest BCUT2D eigenvalue weighted by Crippen LogP contribution is -2.04. The van der Waals surface area contributed by atoms with E-state index in [1.165, 1.54) is 18.4 Å². The average Bonchev–Trinajstić information content (AvgIpc) is 3.53. The molecule has 7 heteroatoms. The highest BCUT2D eigenvalue weighted by Crippen LogP contribution is 2.25. The third kappa shape index (κ3) is 6.21. The Morgan fingerprint density at radius 3 is 2.48 bits per heavy atom. The molecule has 0 fully saturated rings. The summed E-state index contributed by atoms with van der Waals surface area (Å²) in [5, 5.41) is 2.99. The number of methoxy groups -OCH3 is 1. The van der Waals surface area contributed by atoms with E-state index in [0.29, 0.717) is 22.0 Å². The zero-order valence-corrected chi connectivity index (χ0v) is 19.4. The molecule has 0 aliphatic heterocycles. The lowest BCUT2D eigenvalue weighted by atomic mass is 10.1. The van der Waals surface area contributed by atoms with Crippen molar-refractivity contribution >= 4 is 34.0 Å². The van der Waals surface area contributed by atoms with Crippen LogP contribution in [0.15, 0.2) is 92.0 Å². The number of ketones is 1. The molecule has 0 bridgehead atoms. The van der Waals surface area contributed by atoms with E-state index >= 15 is 0 Å². The van der Waals surface area contributed by atoms with Gasteiger partial charge in [-0.25, -0.2) is 14.8 Å². The molecule has 0 aliphatic rings. The summed E-state index contributed by atoms with van der Waals surface area (Å²) in [5.74, 6) is -0.667. The minimum absolute atomic E-state index is 0.150. The van der Waals surface area contributed by atoms with Crippen LogP contribution in [-0.2, 0) is 4.74 Å². The number of nitrogens with zero attached hydrogens (tertiary/aromatic N) is 2. The van der Waals surface area contributed by atoms with Crippen molar-refractivity contribution in [1.82, 2.24) is 15.0 Å². The highest BCUT2D eigenvalue weighted by atomic mass is 32.1. The minimum Gasteiger partial charge on any atom is -0.464 e. The number of fused-ring (bicyclic) bond motifs is 1. The van der Waals surface area contributed by atoms with E-state index < -0.39 is 5.97 Å². The van der Waals surface area contributed by atoms with Gasteiger partial charge in [-0.2, -0.15) is 0 Å². The predicted octanol–water partition coefficient (Wildman–Crippen LogP) is 6.25. The van der Waals surface area contributed by atoms with Crippen LogP contribution in [0.25, 0.3) is 22.3 Å². The Morgan fingerprint density at radius 1 is 1.06 bits per heavy atom. The first-order valence-electron chi connectivity index (χ1n) is 9.94. The van der Waals surface area contributed by atoms with Crippen molar-refractivity contribution in [3.8, 4) is 11.4 Å². The first-order chi connectivity index (χ1) is 16.1. The SMILES string of the molecule is C=C.C=C/C=C\C.COC(=O)c1cccc(-c2csc(C(=O)c3c[nH]c4ccccc34)n2)n1. The molecule has 4 aromatic rings. The normalized spacial score (nSPS) is 10.0. The molecule has 0 unspecified atom stereocenters. The molecule has 0 aliphatic carbocycles. The number of allylic oxidation sites excluding steroid dienone is 3. The number of para-hydroxylation sites is 1. The van der Waals surface area contributed by atoms with Crippen molar-refractivity contribution in [1.29, 1.82) is 0 Å². The lowest BCUT2D eigenvalue weighted by molar-refractivity contribution is 0.0594. The van der Waals surface area contributed by atoms with Gasteiger partial charge in [0.05, 0.1) is 18.4 Å². The fourth-order valence-electron chi connectivity index (χ4n) is 2.80. The minimum atomic E-state index is -0.517. The number of hydrogen-bond donors (Lipinski definition) is 1. The number of carbonyl (C=O) groups is 2. The molecule has 3 aromatic heterocycles. The van der Waals surface area contributed by atoms with Crippen LogP contribution >= 0.6 is 11.3 Å². The number of rotatable bonds is 5. The second-order valence-corrected chi connectivity index (χ2v) is 7.13. The molecule has 0 amide bonds. The summed E-state index contributed by atoms with van der Waals surface area (Å²) in [4.78, 5) is 36.2. The summed E-state index contributed by atoms with van der Waals surface area (Å²) in [6.45, 7) is 11.4. The Hall–Kier alpha value is -4.10. The molecule has 0 saturated carbocycles. The Morgan fingerprint density at radius 2 is 1.82 bits per heavy atom. The third-order valence-electron chi connectivity index (χ3n) is 4.27. The molecule has 0 saturated heterocycles. The van der Waals surface area contributed by atoms with Gasteiger partial charge < -0.3 is 9.72 Å². The molecule has 0 radical (unpaired) electrons. The van der Waals surface area contributed by atoms with Crippen molar-refractivity contribution in [3.05, 3.63) is 108 Å². The number of aromatic amines is 1. The third-order valence-corrected chi connectivity index (χ3v) is 5.11. The van der Waals surface area contributed by atoms with E-state index in [2.05, 4.69) is 39.4 Å². The van der Waals surface area contributed by atoms with Crippen LogP contribution in [0.1, 0.15) is 32.8 Å². The number of nitrogens with one attached hydrogen (secondary N) is 1. The quantitative estimate of drug-likeness (QED) is 0.165. The molecule has 1 N–H and O–H groups in total. The predicted molar refractivity (Wildman–Crippen MR) is 135 cm³/mol. The maximum absolute atomic E-state index is 12.8. The monoisotopic (exact) mass is 459 g/mol. The molecular formula is C26H25N3O3S. The van der Waals surface area contributed by atoms with Crippen LogP contribution in [-0.4, -0.2) is 33.8 Å². The number of pyridine rings is 1. The van der Waals surface area contributed by atoms with E-state index in [1.807, 2.05) is 43.3 Å². The molecule has 0 spiro atoms. The van der Waals surface area contributed by atoms with Gasteiger partial charge in [0.2, 0.25) is 5.78 Å². The fraction of sp³-hybridized carbons (Fsp3) is 0.0769. The van der Waals surface area contributed by atoms with Crippen molar-refractivity contribution in [2.24, 2.45) is 0 Å². The van der Waals surface area contributed by atoms with Gasteiger partial charge in [0.25, 0.3) is 0 Å². The summed E-state index contributed by atoms with van der Waals surface area (Å²) in [7, 11) is 1.30. The Bertz CT molecular complexity index is 1270. The van der Waals surface area contributed by atoms with Gasteiger partial charge in [0.1, 0.15) is 11.4 Å². The van der Waals surface area contributed by atoms with E-state index in [0.717, 1.165) is 10.9 Å². The van der Waals surface area contributed by atoms with Crippen LogP contribution in [0.3, 0.4) is 0 Å². The Kier molecular flexibility index (Phi) is 9.67. The Balaban J connectivity index is 0.000000489. The van der Waals surface area contributed by atoms with Gasteiger partial charge >= 0.3 is 5.97 Å². The number of ether oxygens (including phenoxy) is 1. The maximum Gasteiger partial charge on any atom is 0.356 e. The molecule has 168 valence electrons. The summed E-state index contributed by atoms with van der Waals surface area (Å²) < 4.78 is 4.68. The molecule has 33 heavy (non-hydrogen) atoms. The summed E-state index contributed by atoms with van der Waals surface area (Å²) in [6, 6.07) is 12.6. The number of benzene rings is 1. The van der Waals surface area contributed by atoms with E-state index in [4.69, 9.17) is 0 Å². The van der Waals surface area contributed by atoms with Crippen LogP contribution in [0.2, 0.25) is 0 Å². The molecule has 4 rings (SSSR count). The number of carbonyl (C=O) groups excluding carboxylic acids is 2. The number of H-pyrrole nitrogens is 1. The average molecular weight is 460 g/mol. The van der Waals surface area contributed by atoms with E-state index in [1.54, 1.807) is 35.9 Å². The molecule has 0 atom stereocenters. The van der Waals surface area contributed by atoms with E-state index in [-0.39, 0.29) is 11.5 Å². The zero-order valence-electron chi connectivity index (χ0n) is 18.6. The lowest BCUT2D eigenvalue weighted by Gasteiger charge is -2.00. The highest BCUT2D eigenvalue weighted by Gasteiger charge is 2.19. The van der Waals surface area contributed by atoms with Crippen LogP contribution < -0.4 is 0 Å². The number of aromatic nitrogens is 3. The number of thiazole rings is 1. The number of hydrogen-bond acceptors (Lipinski definition) is 6. The fourth-order valence-corrected chi connectivity index (χ4v) is 3.57. The van der Waals surface area contributed by atoms with Gasteiger partial charge in [-0.05, 0) is 25.1 Å². The smallest absolute Gasteiger partial charge is 0.356 e. The second kappa shape index (κ2) is 12.7. The van der Waals surface area contributed by atoms with Crippen LogP contribution in [0.4, 0.5) is 0 Å². The van der Waals surface area contributed by atoms with E-state index in [9.17, 15) is 9.59 Å². The highest BCUT2D eigenvalue weighted by molar-refractivity contribution is 7.12. The van der Waals surface area contributed by atoms with Gasteiger partial charge in [0.15, 0.2) is 5.01 Å². The summed E-state index contributed by atoms with van der Waals surface area (Å²) in [5.41, 5.74) is 2.74. The van der Waals surface area contributed by atoms with Crippen molar-refractivity contribution in [2.75, 3.05) is 7.11 Å². The summed E-state index contributed by atoms with van der Waals surface area (Å²) in [6.07, 6.45) is 7.27. The molecular weight excluding hydrogens is 434 g/mol. The van der Waals surface area contributed by atoms with Gasteiger partial charge in [-0.1, -0.05) is 49.1 Å². The first kappa shape index (κ1) is 25.2. The first-order valence-corrected chi connectivity index (χ1v) is 10.8. The van der Waals surface area contributed by atoms with Gasteiger partial charge in [-0.15, -0.1) is 24.5 Å². The summed E-state index contributed by atoms with van der Waals surface area (Å²) >= 11 is 1.25. The van der Waals surface area contributed by atoms with Gasteiger partial charge in [0, 0.05) is 22.5 Å². The zero-order chi connectivity index (χ0) is 24.2. The van der Waals surface area contributed by atoms with Gasteiger partial charge in [-0.3, -0.25) is 4.79 Å². The van der Waals surface area contributed by atoms with Crippen molar-refractivity contribution < 1.29 is 14.3 Å². The Labute approximate surface area is 197 Å². The largest absolute Gasteiger partial charge is 0.464 e. The molecule has 6 nitrogen and oxygen atoms in total.